The summed E-state index contributed by atoms with van der Waals surface area (Å²) >= 11 is 0. The molecule has 1 aromatic rings. The molecule has 0 radical (unpaired) electrons. The lowest BCUT2D eigenvalue weighted by Gasteiger charge is -2.16. The van der Waals surface area contributed by atoms with Crippen LogP contribution in [0.5, 0.6) is 0 Å². The highest BCUT2D eigenvalue weighted by Gasteiger charge is 2.19. The van der Waals surface area contributed by atoms with Gasteiger partial charge in [-0.2, -0.15) is 0 Å². The van der Waals surface area contributed by atoms with Gasteiger partial charge in [0, 0.05) is 0 Å². The summed E-state index contributed by atoms with van der Waals surface area (Å²) in [4.78, 5) is 0. The van der Waals surface area contributed by atoms with Crippen LogP contribution in [0.2, 0.25) is 0 Å². The van der Waals surface area contributed by atoms with Gasteiger partial charge < -0.3 is 5.73 Å². The summed E-state index contributed by atoms with van der Waals surface area (Å²) < 4.78 is 26.3. The predicted octanol–water partition coefficient (Wildman–Crippen LogP) is 1.21. The first-order valence-electron chi connectivity index (χ1n) is 5.82. The zero-order valence-electron chi connectivity index (χ0n) is 10.4. The lowest BCUT2D eigenvalue weighted by atomic mass is 10.2. The molecule has 0 bridgehead atoms. The molecule has 4 N–H and O–H groups in total. The highest BCUT2D eigenvalue weighted by Crippen LogP contribution is 2.06. The van der Waals surface area contributed by atoms with E-state index in [-0.39, 0.29) is 11.6 Å². The first kappa shape index (κ1) is 14.7. The van der Waals surface area contributed by atoms with Crippen LogP contribution in [-0.2, 0) is 15.8 Å². The average Bonchev–Trinajstić information content (AvgIpc) is 2.28. The standard InChI is InChI=1S/C12H19N3O2S/c1-2-6-11(12(13)14)15-18(16,17)9-10-7-4-3-5-8-10/h3-5,7-8,11,15H,2,6,9H2,1H3,(H3,13,14). The molecule has 18 heavy (non-hydrogen) atoms. The first-order valence-corrected chi connectivity index (χ1v) is 7.47. The molecule has 0 spiro atoms. The van der Waals surface area contributed by atoms with Gasteiger partial charge in [0.05, 0.1) is 11.8 Å². The van der Waals surface area contributed by atoms with Crippen molar-refractivity contribution < 1.29 is 8.42 Å². The third-order valence-corrected chi connectivity index (χ3v) is 3.83. The van der Waals surface area contributed by atoms with Crippen LogP contribution in [-0.4, -0.2) is 20.3 Å². The lowest BCUT2D eigenvalue weighted by Crippen LogP contribution is -2.44. The second kappa shape index (κ2) is 6.51. The van der Waals surface area contributed by atoms with Gasteiger partial charge in [0.15, 0.2) is 0 Å². The van der Waals surface area contributed by atoms with Crippen LogP contribution in [0.15, 0.2) is 30.3 Å². The Morgan fingerprint density at radius 1 is 1.39 bits per heavy atom. The molecule has 0 heterocycles. The quantitative estimate of drug-likeness (QED) is 0.513. The van der Waals surface area contributed by atoms with Crippen molar-refractivity contribution in [2.45, 2.75) is 31.6 Å². The normalized spacial score (nSPS) is 13.2. The average molecular weight is 269 g/mol. The Bertz CT molecular complexity index is 485. The molecule has 5 nitrogen and oxygen atoms in total. The molecule has 1 atom stereocenters. The van der Waals surface area contributed by atoms with Crippen molar-refractivity contribution in [3.63, 3.8) is 0 Å². The van der Waals surface area contributed by atoms with E-state index in [1.54, 1.807) is 24.3 Å². The Hall–Kier alpha value is -1.40. The van der Waals surface area contributed by atoms with Crippen molar-refractivity contribution in [3.05, 3.63) is 35.9 Å². The molecular formula is C12H19N3O2S. The fourth-order valence-corrected chi connectivity index (χ4v) is 3.01. The summed E-state index contributed by atoms with van der Waals surface area (Å²) in [6.07, 6.45) is 1.29. The predicted molar refractivity (Wildman–Crippen MR) is 72.8 cm³/mol. The van der Waals surface area contributed by atoms with Gasteiger partial charge >= 0.3 is 0 Å². The molecule has 1 unspecified atom stereocenters. The van der Waals surface area contributed by atoms with Gasteiger partial charge in [-0.05, 0) is 12.0 Å². The third kappa shape index (κ3) is 4.85. The maximum atomic E-state index is 11.9. The molecule has 0 aliphatic heterocycles. The number of sulfonamides is 1. The molecule has 0 aromatic heterocycles. The molecule has 0 aliphatic carbocycles. The topological polar surface area (TPSA) is 96.0 Å². The van der Waals surface area contributed by atoms with Gasteiger partial charge in [-0.1, -0.05) is 43.7 Å². The second-order valence-corrected chi connectivity index (χ2v) is 5.91. The van der Waals surface area contributed by atoms with Gasteiger partial charge in [-0.25, -0.2) is 13.1 Å². The Balaban J connectivity index is 2.72. The van der Waals surface area contributed by atoms with Gasteiger partial charge in [0.2, 0.25) is 10.0 Å². The van der Waals surface area contributed by atoms with Crippen LogP contribution in [0.4, 0.5) is 0 Å². The fourth-order valence-electron chi connectivity index (χ4n) is 1.62. The Morgan fingerprint density at radius 2 is 2.00 bits per heavy atom. The molecule has 0 aliphatic rings. The van der Waals surface area contributed by atoms with Gasteiger partial charge in [-0.15, -0.1) is 0 Å². The van der Waals surface area contributed by atoms with Crippen molar-refractivity contribution in [2.24, 2.45) is 5.73 Å². The fraction of sp³-hybridized carbons (Fsp3) is 0.417. The molecule has 6 heteroatoms. The van der Waals surface area contributed by atoms with E-state index >= 15 is 0 Å². The van der Waals surface area contributed by atoms with E-state index in [0.717, 1.165) is 6.42 Å². The van der Waals surface area contributed by atoms with Gasteiger partial charge in [-0.3, -0.25) is 5.41 Å². The van der Waals surface area contributed by atoms with E-state index in [1.165, 1.54) is 0 Å². The largest absolute Gasteiger partial charge is 0.386 e. The Kier molecular flexibility index (Phi) is 5.30. The van der Waals surface area contributed by atoms with E-state index in [2.05, 4.69) is 4.72 Å². The van der Waals surface area contributed by atoms with Crippen molar-refractivity contribution in [2.75, 3.05) is 0 Å². The summed E-state index contributed by atoms with van der Waals surface area (Å²) in [5, 5.41) is 7.37. The number of nitrogens with two attached hydrogens (primary N) is 1. The minimum Gasteiger partial charge on any atom is -0.386 e. The van der Waals surface area contributed by atoms with Crippen LogP contribution in [0.1, 0.15) is 25.3 Å². The van der Waals surface area contributed by atoms with Crippen LogP contribution in [0, 0.1) is 5.41 Å². The van der Waals surface area contributed by atoms with Crippen LogP contribution in [0.3, 0.4) is 0 Å². The minimum absolute atomic E-state index is 0.0959. The highest BCUT2D eigenvalue weighted by molar-refractivity contribution is 7.88. The van der Waals surface area contributed by atoms with E-state index in [0.29, 0.717) is 12.0 Å². The van der Waals surface area contributed by atoms with Crippen LogP contribution >= 0.6 is 0 Å². The van der Waals surface area contributed by atoms with Crippen molar-refractivity contribution in [1.82, 2.24) is 4.72 Å². The molecule has 0 saturated carbocycles. The molecule has 0 fully saturated rings. The summed E-state index contributed by atoms with van der Waals surface area (Å²) in [5.74, 6) is -0.241. The number of hydrogen-bond acceptors (Lipinski definition) is 3. The van der Waals surface area contributed by atoms with Crippen molar-refractivity contribution in [1.29, 1.82) is 5.41 Å². The number of hydrogen-bond donors (Lipinski definition) is 3. The van der Waals surface area contributed by atoms with Crippen molar-refractivity contribution >= 4 is 15.9 Å². The van der Waals surface area contributed by atoms with Gasteiger partial charge in [0.25, 0.3) is 0 Å². The third-order valence-electron chi connectivity index (χ3n) is 2.47. The smallest absolute Gasteiger partial charge is 0.216 e. The first-order chi connectivity index (χ1) is 8.44. The molecular weight excluding hydrogens is 250 g/mol. The van der Waals surface area contributed by atoms with E-state index in [1.807, 2.05) is 13.0 Å². The molecule has 1 rings (SSSR count). The summed E-state index contributed by atoms with van der Waals surface area (Å²) in [7, 11) is -3.47. The number of rotatable bonds is 7. The van der Waals surface area contributed by atoms with E-state index < -0.39 is 16.1 Å². The molecule has 0 amide bonds. The van der Waals surface area contributed by atoms with Gasteiger partial charge in [0.1, 0.15) is 5.84 Å². The number of benzene rings is 1. The zero-order chi connectivity index (χ0) is 13.6. The summed E-state index contributed by atoms with van der Waals surface area (Å²) in [5.41, 5.74) is 6.09. The maximum absolute atomic E-state index is 11.9. The number of nitrogens with one attached hydrogen (secondary N) is 2. The summed E-state index contributed by atoms with van der Waals surface area (Å²) in [6.45, 7) is 1.92. The second-order valence-electron chi connectivity index (χ2n) is 4.16. The number of amidine groups is 1. The Labute approximate surface area is 108 Å². The zero-order valence-corrected chi connectivity index (χ0v) is 11.2. The minimum atomic E-state index is -3.47. The highest BCUT2D eigenvalue weighted by atomic mass is 32.2. The molecule has 100 valence electrons. The van der Waals surface area contributed by atoms with E-state index in [9.17, 15) is 8.42 Å². The van der Waals surface area contributed by atoms with E-state index in [4.69, 9.17) is 11.1 Å². The SMILES string of the molecule is CCCC(NS(=O)(=O)Cc1ccccc1)C(=N)N. The maximum Gasteiger partial charge on any atom is 0.216 e. The molecule has 0 saturated heterocycles. The van der Waals surface area contributed by atoms with Crippen molar-refractivity contribution in [3.8, 4) is 0 Å². The Morgan fingerprint density at radius 3 is 2.50 bits per heavy atom. The molecule has 1 aromatic carbocycles. The summed E-state index contributed by atoms with van der Waals surface area (Å²) in [6, 6.07) is 8.31. The monoisotopic (exact) mass is 269 g/mol. The lowest BCUT2D eigenvalue weighted by molar-refractivity contribution is 0.564. The van der Waals surface area contributed by atoms with Crippen LogP contribution < -0.4 is 10.5 Å². The van der Waals surface area contributed by atoms with Crippen LogP contribution in [0.25, 0.3) is 0 Å².